The Kier molecular flexibility index (Phi) is 4.87. The number of amidine groups is 2. The van der Waals surface area contributed by atoms with Gasteiger partial charge in [0.05, 0.1) is 17.9 Å². The third-order valence-electron chi connectivity index (χ3n) is 5.40. The third-order valence-corrected chi connectivity index (χ3v) is 5.40. The molecule has 160 valence electrons. The van der Waals surface area contributed by atoms with E-state index in [1.807, 2.05) is 53.1 Å². The molecule has 9 heteroatoms. The minimum absolute atomic E-state index is 0.0826. The van der Waals surface area contributed by atoms with E-state index in [1.54, 1.807) is 18.2 Å². The van der Waals surface area contributed by atoms with Gasteiger partial charge in [-0.2, -0.15) is 4.98 Å². The van der Waals surface area contributed by atoms with Gasteiger partial charge in [-0.1, -0.05) is 41.6 Å². The number of imidazole rings is 1. The van der Waals surface area contributed by atoms with Crippen molar-refractivity contribution in [1.82, 2.24) is 24.6 Å². The molecule has 0 atom stereocenters. The lowest BCUT2D eigenvalue weighted by atomic mass is 10.0. The fourth-order valence-electron chi connectivity index (χ4n) is 3.87. The fourth-order valence-corrected chi connectivity index (χ4v) is 3.87. The van der Waals surface area contributed by atoms with E-state index in [4.69, 9.17) is 20.1 Å². The number of nitrogens with one attached hydrogen (secondary N) is 2. The number of rotatable bonds is 4. The SMILES string of the molecule is COCC(=N)N1Cc2c(-c3nc(C)no3)ncn2-c2ccc(-c3ccccc3)cc2C1=N. The van der Waals surface area contributed by atoms with Crippen molar-refractivity contribution < 1.29 is 9.26 Å². The topological polar surface area (TPSA) is 117 Å². The van der Waals surface area contributed by atoms with Crippen LogP contribution in [0.1, 0.15) is 17.1 Å². The number of aryl methyl sites for hydroxylation is 1. The normalized spacial score (nSPS) is 12.9. The molecule has 4 aromatic rings. The smallest absolute Gasteiger partial charge is 0.278 e. The van der Waals surface area contributed by atoms with Crippen LogP contribution in [0.25, 0.3) is 28.4 Å². The number of hydrogen-bond acceptors (Lipinski definition) is 7. The lowest BCUT2D eigenvalue weighted by Crippen LogP contribution is -2.37. The molecule has 0 unspecified atom stereocenters. The first-order valence-corrected chi connectivity index (χ1v) is 10.1. The molecule has 0 radical (unpaired) electrons. The monoisotopic (exact) mass is 427 g/mol. The molecule has 0 aliphatic carbocycles. The molecule has 9 nitrogen and oxygen atoms in total. The number of ether oxygens (including phenoxy) is 1. The molecule has 5 rings (SSSR count). The van der Waals surface area contributed by atoms with E-state index in [0.29, 0.717) is 23.0 Å². The minimum atomic E-state index is 0.0826. The summed E-state index contributed by atoms with van der Waals surface area (Å²) in [4.78, 5) is 10.5. The van der Waals surface area contributed by atoms with Crippen molar-refractivity contribution in [1.29, 1.82) is 10.8 Å². The molecule has 32 heavy (non-hydrogen) atoms. The summed E-state index contributed by atoms with van der Waals surface area (Å²) >= 11 is 0. The molecule has 0 bridgehead atoms. The van der Waals surface area contributed by atoms with E-state index in [2.05, 4.69) is 15.1 Å². The highest BCUT2D eigenvalue weighted by atomic mass is 16.5. The van der Waals surface area contributed by atoms with Crippen LogP contribution in [0.15, 0.2) is 59.4 Å². The second-order valence-electron chi connectivity index (χ2n) is 7.47. The summed E-state index contributed by atoms with van der Waals surface area (Å²) in [7, 11) is 1.54. The van der Waals surface area contributed by atoms with E-state index in [-0.39, 0.29) is 24.8 Å². The Morgan fingerprint density at radius 2 is 1.97 bits per heavy atom. The summed E-state index contributed by atoms with van der Waals surface area (Å²) in [5.41, 5.74) is 4.82. The lowest BCUT2D eigenvalue weighted by Gasteiger charge is -2.24. The van der Waals surface area contributed by atoms with E-state index in [1.165, 1.54) is 7.11 Å². The molecular formula is C23H21N7O2. The quantitative estimate of drug-likeness (QED) is 0.379. The lowest BCUT2D eigenvalue weighted by molar-refractivity contribution is 0.235. The summed E-state index contributed by atoms with van der Waals surface area (Å²) in [6.07, 6.45) is 1.70. The van der Waals surface area contributed by atoms with Crippen LogP contribution in [-0.2, 0) is 11.3 Å². The molecule has 2 aromatic heterocycles. The number of benzene rings is 2. The van der Waals surface area contributed by atoms with Crippen molar-refractivity contribution in [3.05, 3.63) is 71.9 Å². The maximum atomic E-state index is 8.97. The van der Waals surface area contributed by atoms with Gasteiger partial charge in [-0.25, -0.2) is 4.98 Å². The minimum Gasteiger partial charge on any atom is -0.377 e. The van der Waals surface area contributed by atoms with Gasteiger partial charge in [-0.05, 0) is 30.2 Å². The molecule has 0 saturated carbocycles. The van der Waals surface area contributed by atoms with E-state index >= 15 is 0 Å². The Bertz CT molecular complexity index is 1320. The predicted octanol–water partition coefficient (Wildman–Crippen LogP) is 3.66. The zero-order valence-corrected chi connectivity index (χ0v) is 17.7. The largest absolute Gasteiger partial charge is 0.377 e. The van der Waals surface area contributed by atoms with Gasteiger partial charge < -0.3 is 14.2 Å². The molecule has 3 heterocycles. The first kappa shape index (κ1) is 19.8. The summed E-state index contributed by atoms with van der Waals surface area (Å²) in [5, 5.41) is 21.4. The predicted molar refractivity (Wildman–Crippen MR) is 119 cm³/mol. The molecule has 2 N–H and O–H groups in total. The molecular weight excluding hydrogens is 406 g/mol. The summed E-state index contributed by atoms with van der Waals surface area (Å²) in [5.74, 6) is 1.22. The third kappa shape index (κ3) is 3.28. The van der Waals surface area contributed by atoms with Crippen LogP contribution in [0, 0.1) is 17.7 Å². The standard InChI is InChI=1S/C23H21N7O2/c1-14-27-23(32-28-14)21-19-11-29(20(24)12-31-2)22(25)17-10-16(15-6-4-3-5-7-15)8-9-18(17)30(19)13-26-21/h3-10,13,24-25H,11-12H2,1-2H3. The zero-order valence-electron chi connectivity index (χ0n) is 17.7. The Balaban J connectivity index is 1.70. The average molecular weight is 427 g/mol. The van der Waals surface area contributed by atoms with Crippen LogP contribution >= 0.6 is 0 Å². The second-order valence-corrected chi connectivity index (χ2v) is 7.47. The van der Waals surface area contributed by atoms with Gasteiger partial charge in [0.15, 0.2) is 11.5 Å². The highest BCUT2D eigenvalue weighted by Crippen LogP contribution is 2.33. The van der Waals surface area contributed by atoms with E-state index in [9.17, 15) is 0 Å². The number of aromatic nitrogens is 4. The van der Waals surface area contributed by atoms with Crippen LogP contribution < -0.4 is 0 Å². The van der Waals surface area contributed by atoms with Gasteiger partial charge in [0.1, 0.15) is 24.6 Å². The van der Waals surface area contributed by atoms with E-state index < -0.39 is 0 Å². The van der Waals surface area contributed by atoms with Crippen molar-refractivity contribution in [2.24, 2.45) is 0 Å². The van der Waals surface area contributed by atoms with Crippen molar-refractivity contribution >= 4 is 11.7 Å². The van der Waals surface area contributed by atoms with Gasteiger partial charge in [0.25, 0.3) is 5.89 Å². The Hall–Kier alpha value is -4.11. The Morgan fingerprint density at radius 1 is 1.16 bits per heavy atom. The molecule has 2 aromatic carbocycles. The number of methoxy groups -OCH3 is 1. The summed E-state index contributed by atoms with van der Waals surface area (Å²) < 4.78 is 12.5. The number of fused-ring (bicyclic) bond motifs is 3. The van der Waals surface area contributed by atoms with Crippen molar-refractivity contribution in [2.75, 3.05) is 13.7 Å². The van der Waals surface area contributed by atoms with Gasteiger partial charge in [0.2, 0.25) is 0 Å². The first-order chi connectivity index (χ1) is 15.6. The molecule has 0 spiro atoms. The summed E-state index contributed by atoms with van der Waals surface area (Å²) in [6, 6.07) is 16.0. The molecule has 1 aliphatic heterocycles. The van der Waals surface area contributed by atoms with Crippen molar-refractivity contribution in [2.45, 2.75) is 13.5 Å². The van der Waals surface area contributed by atoms with Gasteiger partial charge in [-0.15, -0.1) is 0 Å². The Labute approximate surface area is 184 Å². The highest BCUT2D eigenvalue weighted by Gasteiger charge is 2.30. The van der Waals surface area contributed by atoms with Crippen LogP contribution in [-0.4, -0.2) is 50.0 Å². The van der Waals surface area contributed by atoms with Crippen LogP contribution in [0.4, 0.5) is 0 Å². The van der Waals surface area contributed by atoms with Crippen LogP contribution in [0.2, 0.25) is 0 Å². The maximum absolute atomic E-state index is 8.97. The molecule has 0 amide bonds. The maximum Gasteiger partial charge on any atom is 0.278 e. The van der Waals surface area contributed by atoms with Crippen LogP contribution in [0.5, 0.6) is 0 Å². The van der Waals surface area contributed by atoms with Gasteiger partial charge in [-0.3, -0.25) is 15.4 Å². The first-order valence-electron chi connectivity index (χ1n) is 10.1. The van der Waals surface area contributed by atoms with E-state index in [0.717, 1.165) is 22.5 Å². The van der Waals surface area contributed by atoms with Gasteiger partial charge >= 0.3 is 0 Å². The number of hydrogen-bond donors (Lipinski definition) is 2. The second kappa shape index (κ2) is 7.86. The van der Waals surface area contributed by atoms with Crippen LogP contribution in [0.3, 0.4) is 0 Å². The highest BCUT2D eigenvalue weighted by molar-refractivity contribution is 6.10. The Morgan fingerprint density at radius 3 is 2.69 bits per heavy atom. The summed E-state index contributed by atoms with van der Waals surface area (Å²) in [6.45, 7) is 2.07. The average Bonchev–Trinajstić information content (AvgIpc) is 3.40. The molecule has 0 saturated heterocycles. The zero-order chi connectivity index (χ0) is 22.2. The van der Waals surface area contributed by atoms with Gasteiger partial charge in [0, 0.05) is 12.7 Å². The van der Waals surface area contributed by atoms with Crippen molar-refractivity contribution in [3.63, 3.8) is 0 Å². The molecule has 0 fully saturated rings. The molecule has 1 aliphatic rings. The fraction of sp³-hybridized carbons (Fsp3) is 0.174. The number of nitrogens with zero attached hydrogens (tertiary/aromatic N) is 5. The van der Waals surface area contributed by atoms with Crippen molar-refractivity contribution in [3.8, 4) is 28.4 Å².